The van der Waals surface area contributed by atoms with Crippen molar-refractivity contribution in [2.45, 2.75) is 206 Å². The molecule has 0 saturated heterocycles. The van der Waals surface area contributed by atoms with Gasteiger partial charge >= 0.3 is 18.5 Å². The summed E-state index contributed by atoms with van der Waals surface area (Å²) in [6.07, 6.45) is -1.68. The van der Waals surface area contributed by atoms with Crippen molar-refractivity contribution in [1.82, 2.24) is 54.8 Å². The summed E-state index contributed by atoms with van der Waals surface area (Å²) in [5, 5.41) is 87.4. The normalized spacial score (nSPS) is 20.2. The molecule has 0 bridgehead atoms. The number of pyridine rings is 3. The number of aromatic nitrogens is 11. The molecule has 7 heterocycles. The van der Waals surface area contributed by atoms with Crippen LogP contribution in [0.2, 0.25) is 0 Å². The van der Waals surface area contributed by atoms with Crippen molar-refractivity contribution in [2.75, 3.05) is 50.4 Å². The van der Waals surface area contributed by atoms with Crippen LogP contribution >= 0.6 is 0 Å². The second kappa shape index (κ2) is 36.8. The molecule has 0 radical (unpaired) electrons. The third-order valence-corrected chi connectivity index (χ3v) is 20.9. The molecule has 116 heavy (non-hydrogen) atoms. The topological polar surface area (TPSA) is 388 Å². The number of nitriles is 3. The van der Waals surface area contributed by atoms with Crippen LogP contribution in [0.5, 0.6) is 5.88 Å². The van der Waals surface area contributed by atoms with Gasteiger partial charge in [-0.2, -0.15) is 70.3 Å². The number of aryl methyl sites for hydroxylation is 2. The van der Waals surface area contributed by atoms with E-state index in [0.29, 0.717) is 120 Å². The highest BCUT2D eigenvalue weighted by atomic mass is 19.4. The Balaban J connectivity index is 0.000000177. The lowest BCUT2D eigenvalue weighted by molar-refractivity contribution is -0.140. The lowest BCUT2D eigenvalue weighted by Crippen LogP contribution is -2.57. The molecular weight excluding hydrogens is 1540 g/mol. The second-order valence-corrected chi connectivity index (χ2v) is 30.7. The number of rotatable bonds is 26. The molecule has 38 heteroatoms. The Morgan fingerprint density at radius 3 is 1.47 bits per heavy atom. The summed E-state index contributed by atoms with van der Waals surface area (Å²) in [4.78, 5) is 45.1. The number of hydrogen-bond donors (Lipinski definition) is 11. The Labute approximate surface area is 661 Å². The fourth-order valence-electron chi connectivity index (χ4n) is 12.9. The van der Waals surface area contributed by atoms with Crippen LogP contribution in [0.3, 0.4) is 0 Å². The predicted octanol–water partition coefficient (Wildman–Crippen LogP) is 13.9. The van der Waals surface area contributed by atoms with Crippen molar-refractivity contribution in [3.05, 3.63) is 171 Å². The molecular formula is C78H89F12N21O5. The van der Waals surface area contributed by atoms with Crippen molar-refractivity contribution in [3.8, 4) is 24.1 Å². The quantitative estimate of drug-likeness (QED) is 0.0224. The SMILES string of the molecule is CC(C)(F)c1ncccc1CNc1ncc(C#N)c(N[C@H]2C[C@@H](O)C2(C)C)n1.CC(F)(F)c1ccncc1CCc1ncc(C#N)c(NC2CC(O)C2)n1.CC1(C)[C@H](CO)C[C@@H]1Nc1nc(NCc2ccccc2C(F)(F)F)ncc1C(F)(F)F.CC1(C)[C@H](O)C[C@@H]1Nc1nc(NCc2cccnc2OCCC(F)(F)F)ncc1C#N. The highest BCUT2D eigenvalue weighted by Gasteiger charge is 2.51. The van der Waals surface area contributed by atoms with Crippen molar-refractivity contribution >= 4 is 41.1 Å². The number of hydrogen-bond acceptors (Lipinski definition) is 26. The van der Waals surface area contributed by atoms with Gasteiger partial charge in [0.15, 0.2) is 0 Å². The molecule has 4 aliphatic carbocycles. The molecule has 12 rings (SSSR count). The van der Waals surface area contributed by atoms with Gasteiger partial charge in [0.2, 0.25) is 23.7 Å². The Kier molecular flexibility index (Phi) is 28.2. The molecule has 1 aromatic carbocycles. The van der Waals surface area contributed by atoms with Crippen LogP contribution in [0.1, 0.15) is 168 Å². The minimum atomic E-state index is -4.71. The van der Waals surface area contributed by atoms with E-state index in [0.717, 1.165) is 13.0 Å². The zero-order valence-electron chi connectivity index (χ0n) is 64.6. The van der Waals surface area contributed by atoms with Gasteiger partial charge in [-0.3, -0.25) is 9.97 Å². The Hall–Kier alpha value is -11.1. The molecule has 4 saturated carbocycles. The van der Waals surface area contributed by atoms with Gasteiger partial charge in [-0.05, 0) is 105 Å². The van der Waals surface area contributed by atoms with Crippen molar-refractivity contribution in [2.24, 2.45) is 22.2 Å². The van der Waals surface area contributed by atoms with E-state index in [-0.39, 0.29) is 107 Å². The number of nitrogens with zero attached hydrogens (tertiary/aromatic N) is 14. The Bertz CT molecular complexity index is 4810. The number of alkyl halides is 12. The molecule has 0 spiro atoms. The van der Waals surface area contributed by atoms with Gasteiger partial charge in [-0.15, -0.1) is 0 Å². The van der Waals surface area contributed by atoms with E-state index < -0.39 is 71.6 Å². The van der Waals surface area contributed by atoms with E-state index in [1.807, 2.05) is 53.7 Å². The average Bonchev–Trinajstić information content (AvgIpc) is 0.762. The average molecular weight is 1630 g/mol. The molecule has 0 unspecified atom stereocenters. The van der Waals surface area contributed by atoms with Crippen LogP contribution in [-0.2, 0) is 56.4 Å². The summed E-state index contributed by atoms with van der Waals surface area (Å²) in [5.41, 5.74) is -1.77. The maximum absolute atomic E-state index is 14.4. The summed E-state index contributed by atoms with van der Waals surface area (Å²) < 4.78 is 164. The first kappa shape index (κ1) is 88.8. The van der Waals surface area contributed by atoms with Gasteiger partial charge < -0.3 is 62.4 Å². The lowest BCUT2D eigenvalue weighted by atomic mass is 9.59. The summed E-state index contributed by atoms with van der Waals surface area (Å²) in [7, 11) is 0. The van der Waals surface area contributed by atoms with Gasteiger partial charge in [0.25, 0.3) is 5.92 Å². The first-order valence-corrected chi connectivity index (χ1v) is 36.8. The maximum Gasteiger partial charge on any atom is 0.421 e. The Morgan fingerprint density at radius 2 is 0.966 bits per heavy atom. The number of benzene rings is 1. The summed E-state index contributed by atoms with van der Waals surface area (Å²) in [5.74, 6) is -1.40. The van der Waals surface area contributed by atoms with Gasteiger partial charge in [-0.1, -0.05) is 71.9 Å². The summed E-state index contributed by atoms with van der Waals surface area (Å²) in [6, 6.07) is 18.9. The fraction of sp³-hybridized carbons (Fsp3) is 0.487. The van der Waals surface area contributed by atoms with E-state index in [2.05, 4.69) is 98.1 Å². The minimum absolute atomic E-state index is 0.00890. The fourth-order valence-corrected chi connectivity index (χ4v) is 12.9. The maximum atomic E-state index is 14.4. The molecule has 620 valence electrons. The predicted molar refractivity (Wildman–Crippen MR) is 403 cm³/mol. The van der Waals surface area contributed by atoms with E-state index in [9.17, 15) is 88.9 Å². The number of aliphatic hydroxyl groups excluding tert-OH is 4. The van der Waals surface area contributed by atoms with Crippen LogP contribution in [-0.4, -0.2) is 137 Å². The van der Waals surface area contributed by atoms with Crippen LogP contribution in [0.15, 0.2) is 104 Å². The highest BCUT2D eigenvalue weighted by molar-refractivity contribution is 5.57. The van der Waals surface area contributed by atoms with Crippen LogP contribution in [0.25, 0.3) is 0 Å². The van der Waals surface area contributed by atoms with Crippen LogP contribution < -0.4 is 42.0 Å². The largest absolute Gasteiger partial charge is 0.477 e. The Morgan fingerprint density at radius 1 is 0.483 bits per heavy atom. The molecule has 4 aliphatic rings. The smallest absolute Gasteiger partial charge is 0.421 e. The summed E-state index contributed by atoms with van der Waals surface area (Å²) >= 11 is 0. The molecule has 6 atom stereocenters. The van der Waals surface area contributed by atoms with E-state index in [1.165, 1.54) is 75.3 Å². The van der Waals surface area contributed by atoms with Gasteiger partial charge in [0.05, 0.1) is 61.2 Å². The van der Waals surface area contributed by atoms with Crippen LogP contribution in [0.4, 0.5) is 93.8 Å². The van der Waals surface area contributed by atoms with E-state index in [4.69, 9.17) is 4.74 Å². The zero-order valence-corrected chi connectivity index (χ0v) is 64.6. The molecule has 4 fully saturated rings. The lowest BCUT2D eigenvalue weighted by Gasteiger charge is -2.52. The molecule has 7 aromatic heterocycles. The van der Waals surface area contributed by atoms with Crippen molar-refractivity contribution in [1.29, 1.82) is 15.8 Å². The highest BCUT2D eigenvalue weighted by Crippen LogP contribution is 2.49. The first-order valence-electron chi connectivity index (χ1n) is 36.8. The molecule has 11 N–H and O–H groups in total. The molecule has 0 aliphatic heterocycles. The van der Waals surface area contributed by atoms with Crippen molar-refractivity contribution in [3.63, 3.8) is 0 Å². The van der Waals surface area contributed by atoms with Gasteiger partial charge in [0.1, 0.15) is 75.2 Å². The second-order valence-electron chi connectivity index (χ2n) is 30.7. The van der Waals surface area contributed by atoms with E-state index in [1.54, 1.807) is 30.5 Å². The van der Waals surface area contributed by atoms with Crippen molar-refractivity contribution < 1.29 is 77.8 Å². The van der Waals surface area contributed by atoms with E-state index >= 15 is 0 Å². The summed E-state index contributed by atoms with van der Waals surface area (Å²) in [6.45, 7) is 14.8. The standard InChI is InChI=1S/C20H22F6N4O.C20H23F3N6O2.C20H25FN6O.C18H19F2N5O/c1-18(2)12(10-31)7-15(18)29-16-14(20(24,25)26)9-28-17(30-16)27-8-11-5-3-4-6-13(11)19(21,22)23;1-19(2)14(8-15(19)30)28-16-13(9-24)11-27-18(29-16)26-10-12-4-3-6-25-17(12)31-7-5-20(21,22)23;1-19(2)14(8-15(19)28)26-17-13(9-22)11-25-18(27-17)24-10-12-6-5-7-23-16(12)20(3,4)21;1-18(19,20)15-4-5-22-9-11(15)2-3-16-23-10-12(8-21)17(25-16)24-13-6-14(26)7-13/h3-6,9,12,15,31H,7-8,10H2,1-2H3,(H2,27,28,29,30);3-4,6,11,14-15,30H,5,7-8,10H2,1-2H3,(H2,26,27,28,29);5-7,11,14-15,28H,8,10H2,1-4H3,(H2,24,25,26,27);4-5,9-10,13-14,26H,2-3,6-7H2,1H3,(H,23,24,25)/t12-,15-;2*14-,15+;/m000./s1. The van der Waals surface area contributed by atoms with Gasteiger partial charge in [0, 0.05) is 117 Å². The monoisotopic (exact) mass is 1630 g/mol. The molecule has 8 aromatic rings. The minimum Gasteiger partial charge on any atom is -0.477 e. The van der Waals surface area contributed by atoms with Gasteiger partial charge in [-0.25, -0.2) is 43.1 Å². The first-order chi connectivity index (χ1) is 54.4. The number of halogens is 12. The third kappa shape index (κ3) is 22.9. The zero-order chi connectivity index (χ0) is 84.9. The van der Waals surface area contributed by atoms with Crippen LogP contribution in [0, 0.1) is 56.2 Å². The molecule has 0 amide bonds. The number of anilines is 7. The number of nitrogens with one attached hydrogen (secondary N) is 7. The molecule has 26 nitrogen and oxygen atoms in total. The number of aliphatic hydroxyl groups is 4. The number of ether oxygens (including phenoxy) is 1. The third-order valence-electron chi connectivity index (χ3n) is 20.9.